The van der Waals surface area contributed by atoms with Crippen molar-refractivity contribution >= 4 is 17.5 Å². The highest BCUT2D eigenvalue weighted by Gasteiger charge is 2.33. The molecule has 0 bridgehead atoms. The molecule has 1 aliphatic rings. The smallest absolute Gasteiger partial charge is 0.265 e. The summed E-state index contributed by atoms with van der Waals surface area (Å²) in [4.78, 5) is 26.9. The number of rotatable bonds is 6. The molecule has 6 nitrogen and oxygen atoms in total. The normalized spacial score (nSPS) is 15.4. The maximum atomic E-state index is 13.0. The van der Waals surface area contributed by atoms with Gasteiger partial charge >= 0.3 is 0 Å². The molecular weight excluding hydrogens is 356 g/mol. The van der Waals surface area contributed by atoms with Crippen LogP contribution in [-0.4, -0.2) is 37.6 Å². The molecule has 0 fully saturated rings. The van der Waals surface area contributed by atoms with Gasteiger partial charge in [0.2, 0.25) is 0 Å². The average molecular weight is 382 g/mol. The van der Waals surface area contributed by atoms with Crippen LogP contribution >= 0.6 is 0 Å². The van der Waals surface area contributed by atoms with E-state index in [-0.39, 0.29) is 25.0 Å². The van der Waals surface area contributed by atoms with Crippen molar-refractivity contribution < 1.29 is 19.1 Å². The molecule has 2 amide bonds. The zero-order valence-corrected chi connectivity index (χ0v) is 16.5. The molecule has 0 spiro atoms. The lowest BCUT2D eigenvalue weighted by molar-refractivity contribution is -0.128. The van der Waals surface area contributed by atoms with E-state index in [4.69, 9.17) is 9.47 Å². The lowest BCUT2D eigenvalue weighted by Crippen LogP contribution is -2.51. The van der Waals surface area contributed by atoms with Crippen molar-refractivity contribution in [2.24, 2.45) is 0 Å². The van der Waals surface area contributed by atoms with Gasteiger partial charge in [0.25, 0.3) is 11.8 Å². The fraction of sp³-hybridized carbons (Fsp3) is 0.364. The molecule has 0 aliphatic carbocycles. The van der Waals surface area contributed by atoms with Crippen LogP contribution in [0.1, 0.15) is 24.5 Å². The quantitative estimate of drug-likeness (QED) is 0.834. The van der Waals surface area contributed by atoms with E-state index in [1.54, 1.807) is 11.0 Å². The number of hydrogen-bond acceptors (Lipinski definition) is 4. The Morgan fingerprint density at radius 1 is 1.14 bits per heavy atom. The third-order valence-electron chi connectivity index (χ3n) is 4.67. The van der Waals surface area contributed by atoms with E-state index in [2.05, 4.69) is 5.32 Å². The average Bonchev–Trinajstić information content (AvgIpc) is 2.70. The summed E-state index contributed by atoms with van der Waals surface area (Å²) < 4.78 is 11.7. The number of hydrogen-bond donors (Lipinski definition) is 1. The summed E-state index contributed by atoms with van der Waals surface area (Å²) in [6.45, 7) is 6.50. The molecule has 0 aromatic heterocycles. The molecular formula is C22H26N2O4. The molecule has 1 aliphatic heterocycles. The predicted molar refractivity (Wildman–Crippen MR) is 108 cm³/mol. The van der Waals surface area contributed by atoms with E-state index in [9.17, 15) is 9.59 Å². The van der Waals surface area contributed by atoms with E-state index in [0.29, 0.717) is 18.0 Å². The summed E-state index contributed by atoms with van der Waals surface area (Å²) in [5, 5.41) is 2.83. The van der Waals surface area contributed by atoms with Crippen molar-refractivity contribution in [2.75, 3.05) is 24.6 Å². The van der Waals surface area contributed by atoms with Crippen LogP contribution < -0.4 is 19.7 Å². The third-order valence-corrected chi connectivity index (χ3v) is 4.67. The second kappa shape index (κ2) is 8.78. The highest BCUT2D eigenvalue weighted by atomic mass is 16.5. The molecule has 0 unspecified atom stereocenters. The Labute approximate surface area is 165 Å². The summed E-state index contributed by atoms with van der Waals surface area (Å²) in [6.07, 6.45) is 0.0898. The lowest BCUT2D eigenvalue weighted by atomic mass is 10.1. The highest BCUT2D eigenvalue weighted by Crippen LogP contribution is 2.33. The van der Waals surface area contributed by atoms with Crippen molar-refractivity contribution in [2.45, 2.75) is 33.3 Å². The van der Waals surface area contributed by atoms with Crippen LogP contribution in [0.15, 0.2) is 42.5 Å². The first-order valence-electron chi connectivity index (χ1n) is 9.54. The monoisotopic (exact) mass is 382 g/mol. The lowest BCUT2D eigenvalue weighted by Gasteiger charge is -2.34. The summed E-state index contributed by atoms with van der Waals surface area (Å²) in [7, 11) is 0. The number of para-hydroxylation sites is 3. The second-order valence-electron chi connectivity index (χ2n) is 6.88. The zero-order chi connectivity index (χ0) is 20.1. The molecule has 0 radical (unpaired) electrons. The Kier molecular flexibility index (Phi) is 6.19. The Balaban J connectivity index is 1.76. The number of nitrogens with zero attached hydrogens (tertiary/aromatic N) is 1. The van der Waals surface area contributed by atoms with Gasteiger partial charge in [-0.2, -0.15) is 0 Å². The van der Waals surface area contributed by atoms with Gasteiger partial charge in [-0.3, -0.25) is 9.59 Å². The molecule has 2 aromatic rings. The molecule has 28 heavy (non-hydrogen) atoms. The third kappa shape index (κ3) is 4.27. The van der Waals surface area contributed by atoms with E-state index in [1.165, 1.54) is 0 Å². The van der Waals surface area contributed by atoms with Gasteiger partial charge in [0.1, 0.15) is 11.5 Å². The van der Waals surface area contributed by atoms with Crippen molar-refractivity contribution in [3.63, 3.8) is 0 Å². The van der Waals surface area contributed by atoms with Gasteiger partial charge in [-0.15, -0.1) is 0 Å². The second-order valence-corrected chi connectivity index (χ2v) is 6.88. The largest absolute Gasteiger partial charge is 0.483 e. The number of aryl methyl sites for hydroxylation is 2. The summed E-state index contributed by atoms with van der Waals surface area (Å²) >= 11 is 0. The van der Waals surface area contributed by atoms with Gasteiger partial charge in [-0.05, 0) is 43.5 Å². The SMILES string of the molecule is CCCNC(=O)[C@H]1CN(C(=O)COc2c(C)cccc2C)c2ccccc2O1. The molecule has 0 saturated heterocycles. The summed E-state index contributed by atoms with van der Waals surface area (Å²) in [5.41, 5.74) is 2.61. The predicted octanol–water partition coefficient (Wildman–Crippen LogP) is 3.00. The molecule has 1 heterocycles. The van der Waals surface area contributed by atoms with Crippen LogP contribution in [-0.2, 0) is 9.59 Å². The number of amides is 2. The van der Waals surface area contributed by atoms with Crippen LogP contribution in [0.2, 0.25) is 0 Å². The van der Waals surface area contributed by atoms with Crippen molar-refractivity contribution in [1.82, 2.24) is 5.32 Å². The van der Waals surface area contributed by atoms with E-state index in [1.807, 2.05) is 57.2 Å². The van der Waals surface area contributed by atoms with E-state index < -0.39 is 6.10 Å². The number of ether oxygens (including phenoxy) is 2. The first-order chi connectivity index (χ1) is 13.5. The minimum Gasteiger partial charge on any atom is -0.483 e. The van der Waals surface area contributed by atoms with Gasteiger partial charge < -0.3 is 19.7 Å². The van der Waals surface area contributed by atoms with Crippen molar-refractivity contribution in [3.8, 4) is 11.5 Å². The van der Waals surface area contributed by atoms with Gasteiger partial charge in [0, 0.05) is 6.54 Å². The molecule has 148 valence electrons. The Morgan fingerprint density at radius 2 is 1.86 bits per heavy atom. The Morgan fingerprint density at radius 3 is 2.57 bits per heavy atom. The van der Waals surface area contributed by atoms with Crippen molar-refractivity contribution in [1.29, 1.82) is 0 Å². The Hall–Kier alpha value is -3.02. The topological polar surface area (TPSA) is 67.9 Å². The highest BCUT2D eigenvalue weighted by molar-refractivity contribution is 5.98. The molecule has 6 heteroatoms. The van der Waals surface area contributed by atoms with Gasteiger partial charge in [0.15, 0.2) is 12.7 Å². The first-order valence-corrected chi connectivity index (χ1v) is 9.54. The minimum atomic E-state index is -0.745. The van der Waals surface area contributed by atoms with Crippen molar-refractivity contribution in [3.05, 3.63) is 53.6 Å². The molecule has 2 aromatic carbocycles. The molecule has 1 atom stereocenters. The van der Waals surface area contributed by atoms with Crippen LogP contribution in [0, 0.1) is 13.8 Å². The van der Waals surface area contributed by atoms with Crippen LogP contribution in [0.25, 0.3) is 0 Å². The van der Waals surface area contributed by atoms with Gasteiger partial charge in [0.05, 0.1) is 12.2 Å². The maximum absolute atomic E-state index is 13.0. The number of nitrogens with one attached hydrogen (secondary N) is 1. The Bertz CT molecular complexity index is 845. The fourth-order valence-corrected chi connectivity index (χ4v) is 3.21. The fourth-order valence-electron chi connectivity index (χ4n) is 3.21. The number of benzene rings is 2. The van der Waals surface area contributed by atoms with E-state index >= 15 is 0 Å². The summed E-state index contributed by atoms with van der Waals surface area (Å²) in [6, 6.07) is 13.1. The standard InChI is InChI=1S/C22H26N2O4/c1-4-12-23-22(26)19-13-24(17-10-5-6-11-18(17)28-19)20(25)14-27-21-15(2)8-7-9-16(21)3/h5-11,19H,4,12-14H2,1-3H3,(H,23,26)/t19-/m1/s1. The summed E-state index contributed by atoms with van der Waals surface area (Å²) in [5.74, 6) is 0.803. The van der Waals surface area contributed by atoms with Gasteiger partial charge in [-0.1, -0.05) is 37.3 Å². The maximum Gasteiger partial charge on any atom is 0.265 e. The number of carbonyl (C=O) groups is 2. The molecule has 3 rings (SSSR count). The van der Waals surface area contributed by atoms with Crippen LogP contribution in [0.4, 0.5) is 5.69 Å². The van der Waals surface area contributed by atoms with Crippen LogP contribution in [0.5, 0.6) is 11.5 Å². The van der Waals surface area contributed by atoms with Gasteiger partial charge in [-0.25, -0.2) is 0 Å². The molecule has 0 saturated carbocycles. The first kappa shape index (κ1) is 19.7. The minimum absolute atomic E-state index is 0.108. The zero-order valence-electron chi connectivity index (χ0n) is 16.5. The molecule has 1 N–H and O–H groups in total. The number of anilines is 1. The number of fused-ring (bicyclic) bond motifs is 1. The van der Waals surface area contributed by atoms with E-state index in [0.717, 1.165) is 23.3 Å². The van der Waals surface area contributed by atoms with Crippen LogP contribution in [0.3, 0.4) is 0 Å². The number of carbonyl (C=O) groups excluding carboxylic acids is 2.